The molecule has 10 heteroatoms. The molecule has 34 heavy (non-hydrogen) atoms. The molecule has 0 spiro atoms. The highest BCUT2D eigenvalue weighted by atomic mass is 16.7. The molecule has 5 atom stereocenters. The number of benzene rings is 1. The third-order valence-electron chi connectivity index (χ3n) is 5.27. The maximum atomic E-state index is 12.6. The number of carbonyl (C=O) groups is 4. The highest BCUT2D eigenvalue weighted by molar-refractivity contribution is 5.89. The number of unbranched alkanes of at least 4 members (excludes halogenated alkanes) is 1. The van der Waals surface area contributed by atoms with E-state index in [0.717, 1.165) is 20.0 Å². The number of Topliss-reactive ketones (excluding diaryl/α,β-unsaturated/α-hetero) is 1. The predicted octanol–water partition coefficient (Wildman–Crippen LogP) is 1.82. The van der Waals surface area contributed by atoms with Gasteiger partial charge in [-0.25, -0.2) is 4.79 Å². The van der Waals surface area contributed by atoms with Gasteiger partial charge in [-0.05, 0) is 25.5 Å². The van der Waals surface area contributed by atoms with Gasteiger partial charge >= 0.3 is 17.9 Å². The van der Waals surface area contributed by atoms with E-state index >= 15 is 0 Å². The van der Waals surface area contributed by atoms with E-state index in [1.807, 2.05) is 6.92 Å². The fourth-order valence-corrected chi connectivity index (χ4v) is 3.46. The molecule has 0 bridgehead atoms. The van der Waals surface area contributed by atoms with E-state index in [1.165, 1.54) is 19.1 Å². The van der Waals surface area contributed by atoms with Crippen molar-refractivity contribution in [1.82, 2.24) is 0 Å². The second-order valence-electron chi connectivity index (χ2n) is 7.93. The van der Waals surface area contributed by atoms with Crippen molar-refractivity contribution in [1.29, 1.82) is 0 Å². The maximum absolute atomic E-state index is 12.6. The zero-order chi connectivity index (χ0) is 25.1. The molecule has 1 aromatic rings. The molecule has 1 fully saturated rings. The molecule has 188 valence electrons. The van der Waals surface area contributed by atoms with Crippen LogP contribution in [0.3, 0.4) is 0 Å². The van der Waals surface area contributed by atoms with Crippen molar-refractivity contribution in [2.45, 2.75) is 64.1 Å². The average molecular weight is 481 g/mol. The van der Waals surface area contributed by atoms with E-state index in [0.29, 0.717) is 6.61 Å². The average Bonchev–Trinajstić information content (AvgIpc) is 3.15. The molecule has 0 saturated carbocycles. The van der Waals surface area contributed by atoms with Crippen LogP contribution in [0, 0.1) is 5.92 Å². The number of hydrogen-bond donors (Lipinski definition) is 1. The highest BCUT2D eigenvalue weighted by Gasteiger charge is 2.55. The Morgan fingerprint density at radius 1 is 1.12 bits per heavy atom. The number of methoxy groups -OCH3 is 1. The van der Waals surface area contributed by atoms with E-state index in [-0.39, 0.29) is 30.8 Å². The molecule has 0 amide bonds. The van der Waals surface area contributed by atoms with Gasteiger partial charge in [0.2, 0.25) is 0 Å². The molecule has 0 aromatic heterocycles. The summed E-state index contributed by atoms with van der Waals surface area (Å²) in [5, 5.41) is 10.5. The van der Waals surface area contributed by atoms with E-state index in [4.69, 9.17) is 23.7 Å². The summed E-state index contributed by atoms with van der Waals surface area (Å²) in [6.07, 6.45) is -3.93. The quantitative estimate of drug-likeness (QED) is 0.253. The number of rotatable bonds is 13. The van der Waals surface area contributed by atoms with Gasteiger partial charge < -0.3 is 33.6 Å². The van der Waals surface area contributed by atoms with Crippen LogP contribution in [0.2, 0.25) is 0 Å². The lowest BCUT2D eigenvalue weighted by molar-refractivity contribution is -0.180. The predicted molar refractivity (Wildman–Crippen MR) is 118 cm³/mol. The number of carbonyl (C=O) groups excluding carboxylic acids is 4. The standard InChI is InChI=1S/C24H32O10/c1-4-5-13-31-14-17(32-18(26)12-11-15(2)25)20-19(23(28)30-3)21(24(29)33-20)34-22(27)16-9-7-6-8-10-16/h6-10,17,19-21,24,29H,4-5,11-14H2,1-3H3/t17-,19?,20?,21-,24+/m0/s1. The largest absolute Gasteiger partial charge is 0.469 e. The summed E-state index contributed by atoms with van der Waals surface area (Å²) in [6.45, 7) is 3.59. The summed E-state index contributed by atoms with van der Waals surface area (Å²) >= 11 is 0. The van der Waals surface area contributed by atoms with Crippen LogP contribution in [0.5, 0.6) is 0 Å². The van der Waals surface area contributed by atoms with Gasteiger partial charge in [0.15, 0.2) is 18.5 Å². The normalized spacial score (nSPS) is 22.6. The third kappa shape index (κ3) is 7.89. The number of hydrogen-bond acceptors (Lipinski definition) is 10. The Labute approximate surface area is 198 Å². The minimum Gasteiger partial charge on any atom is -0.469 e. The fourth-order valence-electron chi connectivity index (χ4n) is 3.46. The van der Waals surface area contributed by atoms with Crippen LogP contribution >= 0.6 is 0 Å². The maximum Gasteiger partial charge on any atom is 0.338 e. The van der Waals surface area contributed by atoms with Crippen LogP contribution in [0.25, 0.3) is 0 Å². The molecule has 1 aliphatic rings. The van der Waals surface area contributed by atoms with Gasteiger partial charge in [-0.2, -0.15) is 0 Å². The summed E-state index contributed by atoms with van der Waals surface area (Å²) < 4.78 is 26.9. The van der Waals surface area contributed by atoms with Crippen molar-refractivity contribution in [3.05, 3.63) is 35.9 Å². The molecule has 1 heterocycles. The molecule has 1 saturated heterocycles. The number of esters is 3. The molecule has 0 aliphatic carbocycles. The molecule has 1 aromatic carbocycles. The first-order chi connectivity index (χ1) is 16.3. The highest BCUT2D eigenvalue weighted by Crippen LogP contribution is 2.33. The van der Waals surface area contributed by atoms with E-state index in [9.17, 15) is 24.3 Å². The lowest BCUT2D eigenvalue weighted by Crippen LogP contribution is -2.45. The van der Waals surface area contributed by atoms with E-state index in [1.54, 1.807) is 18.2 Å². The summed E-state index contributed by atoms with van der Waals surface area (Å²) in [5.74, 6) is -3.73. The lowest BCUT2D eigenvalue weighted by Gasteiger charge is -2.27. The van der Waals surface area contributed by atoms with Crippen LogP contribution in [0.4, 0.5) is 0 Å². The van der Waals surface area contributed by atoms with Gasteiger partial charge in [0.05, 0.1) is 25.7 Å². The minimum absolute atomic E-state index is 0.00582. The number of ketones is 1. The topological polar surface area (TPSA) is 135 Å². The van der Waals surface area contributed by atoms with Crippen molar-refractivity contribution in [2.24, 2.45) is 5.92 Å². The van der Waals surface area contributed by atoms with Crippen molar-refractivity contribution in [3.63, 3.8) is 0 Å². The summed E-state index contributed by atoms with van der Waals surface area (Å²) in [6, 6.07) is 8.06. The third-order valence-corrected chi connectivity index (χ3v) is 5.27. The van der Waals surface area contributed by atoms with Gasteiger partial charge in [0.1, 0.15) is 17.8 Å². The minimum atomic E-state index is -1.67. The number of aliphatic hydroxyl groups is 1. The van der Waals surface area contributed by atoms with Gasteiger partial charge in [0.25, 0.3) is 0 Å². The van der Waals surface area contributed by atoms with E-state index < -0.39 is 48.4 Å². The van der Waals surface area contributed by atoms with Crippen LogP contribution in [0.1, 0.15) is 49.9 Å². The monoisotopic (exact) mass is 480 g/mol. The van der Waals surface area contributed by atoms with Gasteiger partial charge in [-0.1, -0.05) is 31.5 Å². The Balaban J connectivity index is 2.23. The first-order valence-corrected chi connectivity index (χ1v) is 11.2. The molecule has 2 rings (SSSR count). The first-order valence-electron chi connectivity index (χ1n) is 11.2. The molecular weight excluding hydrogens is 448 g/mol. The second-order valence-corrected chi connectivity index (χ2v) is 7.93. The Hall–Kier alpha value is -2.82. The van der Waals surface area contributed by atoms with Gasteiger partial charge in [0, 0.05) is 13.0 Å². The molecule has 0 radical (unpaired) electrons. The Kier molecular flexibility index (Phi) is 11.1. The van der Waals surface area contributed by atoms with Crippen molar-refractivity contribution in [2.75, 3.05) is 20.3 Å². The molecule has 1 aliphatic heterocycles. The Morgan fingerprint density at radius 2 is 1.82 bits per heavy atom. The summed E-state index contributed by atoms with van der Waals surface area (Å²) in [5.41, 5.74) is 0.219. The van der Waals surface area contributed by atoms with Gasteiger partial charge in [-0.3, -0.25) is 9.59 Å². The van der Waals surface area contributed by atoms with Crippen molar-refractivity contribution < 1.29 is 48.0 Å². The van der Waals surface area contributed by atoms with Crippen molar-refractivity contribution >= 4 is 23.7 Å². The van der Waals surface area contributed by atoms with Crippen LogP contribution in [-0.4, -0.2) is 73.7 Å². The second kappa shape index (κ2) is 13.8. The number of ether oxygens (including phenoxy) is 5. The Bertz CT molecular complexity index is 824. The molecular formula is C24H32O10. The Morgan fingerprint density at radius 3 is 2.44 bits per heavy atom. The summed E-state index contributed by atoms with van der Waals surface area (Å²) in [4.78, 5) is 48.8. The lowest BCUT2D eigenvalue weighted by atomic mass is 9.94. The smallest absolute Gasteiger partial charge is 0.338 e. The van der Waals surface area contributed by atoms with Crippen LogP contribution in [0.15, 0.2) is 30.3 Å². The molecule has 10 nitrogen and oxygen atoms in total. The number of aliphatic hydroxyl groups excluding tert-OH is 1. The first kappa shape index (κ1) is 27.4. The SMILES string of the molecule is CCCCOC[C@H](OC(=O)CCC(C)=O)C1O[C@@H](O)[C@@H](OC(=O)c2ccccc2)C1C(=O)OC. The van der Waals surface area contributed by atoms with Crippen molar-refractivity contribution in [3.8, 4) is 0 Å². The zero-order valence-electron chi connectivity index (χ0n) is 19.6. The summed E-state index contributed by atoms with van der Waals surface area (Å²) in [7, 11) is 1.14. The van der Waals surface area contributed by atoms with E-state index in [2.05, 4.69) is 0 Å². The van der Waals surface area contributed by atoms with Crippen LogP contribution < -0.4 is 0 Å². The van der Waals surface area contributed by atoms with Gasteiger partial charge in [-0.15, -0.1) is 0 Å². The fraction of sp³-hybridized carbons (Fsp3) is 0.583. The molecule has 2 unspecified atom stereocenters. The van der Waals surface area contributed by atoms with Crippen LogP contribution in [-0.2, 0) is 38.1 Å². The molecule has 1 N–H and O–H groups in total. The zero-order valence-corrected chi connectivity index (χ0v) is 19.6.